The van der Waals surface area contributed by atoms with E-state index in [4.69, 9.17) is 0 Å². The topological polar surface area (TPSA) is 38.0 Å². The van der Waals surface area contributed by atoms with Gasteiger partial charge in [-0.3, -0.25) is 4.68 Å². The Morgan fingerprint density at radius 1 is 1.45 bits per heavy atom. The molecule has 1 heterocycles. The molecule has 1 atom stereocenters. The smallest absolute Gasteiger partial charge is 0.131 e. The number of aromatic nitrogens is 2. The van der Waals surface area contributed by atoms with Gasteiger partial charge >= 0.3 is 0 Å². The lowest BCUT2D eigenvalue weighted by atomic mass is 10.0. The average Bonchev–Trinajstić information content (AvgIpc) is 2.69. The van der Waals surface area contributed by atoms with Gasteiger partial charge in [-0.05, 0) is 34.8 Å². The lowest BCUT2D eigenvalue weighted by Crippen LogP contribution is -2.09. The summed E-state index contributed by atoms with van der Waals surface area (Å²) in [4.78, 5) is 0. The van der Waals surface area contributed by atoms with Crippen LogP contribution in [0, 0.1) is 12.7 Å². The monoisotopic (exact) mass is 340 g/mol. The SMILES string of the molecule is CCc1nn(C)c(CC(O)c2cccc(C)c2F)c1Br. The second-order valence-corrected chi connectivity index (χ2v) is 5.68. The Morgan fingerprint density at radius 2 is 2.15 bits per heavy atom. The molecule has 5 heteroatoms. The van der Waals surface area contributed by atoms with E-state index in [1.165, 1.54) is 0 Å². The average molecular weight is 341 g/mol. The molecular formula is C15H18BrFN2O. The number of aliphatic hydroxyl groups is 1. The van der Waals surface area contributed by atoms with Crippen molar-refractivity contribution in [2.45, 2.75) is 32.8 Å². The summed E-state index contributed by atoms with van der Waals surface area (Å²) in [6, 6.07) is 5.07. The van der Waals surface area contributed by atoms with Gasteiger partial charge in [-0.25, -0.2) is 4.39 Å². The van der Waals surface area contributed by atoms with Gasteiger partial charge in [-0.15, -0.1) is 0 Å². The predicted octanol–water partition coefficient (Wildman–Crippen LogP) is 3.47. The quantitative estimate of drug-likeness (QED) is 0.925. The van der Waals surface area contributed by atoms with E-state index >= 15 is 0 Å². The Labute approximate surface area is 126 Å². The summed E-state index contributed by atoms with van der Waals surface area (Å²) >= 11 is 3.51. The minimum atomic E-state index is -0.883. The van der Waals surface area contributed by atoms with Crippen molar-refractivity contribution in [2.75, 3.05) is 0 Å². The summed E-state index contributed by atoms with van der Waals surface area (Å²) in [5, 5.41) is 14.7. The van der Waals surface area contributed by atoms with Crippen LogP contribution in [0.25, 0.3) is 0 Å². The van der Waals surface area contributed by atoms with Crippen molar-refractivity contribution in [1.82, 2.24) is 9.78 Å². The van der Waals surface area contributed by atoms with Crippen molar-refractivity contribution >= 4 is 15.9 Å². The Kier molecular flexibility index (Phi) is 4.60. The molecule has 0 bridgehead atoms. The maximum Gasteiger partial charge on any atom is 0.131 e. The number of rotatable bonds is 4. The van der Waals surface area contributed by atoms with E-state index in [0.717, 1.165) is 22.3 Å². The van der Waals surface area contributed by atoms with Gasteiger partial charge in [-0.2, -0.15) is 5.10 Å². The van der Waals surface area contributed by atoms with Crippen LogP contribution in [0.2, 0.25) is 0 Å². The molecule has 3 nitrogen and oxygen atoms in total. The third kappa shape index (κ3) is 2.79. The minimum Gasteiger partial charge on any atom is -0.388 e. The molecular weight excluding hydrogens is 323 g/mol. The van der Waals surface area contributed by atoms with Gasteiger partial charge in [0.1, 0.15) is 5.82 Å². The van der Waals surface area contributed by atoms with Crippen molar-refractivity contribution in [1.29, 1.82) is 0 Å². The minimum absolute atomic E-state index is 0.324. The second kappa shape index (κ2) is 6.06. The largest absolute Gasteiger partial charge is 0.388 e. The molecule has 1 N–H and O–H groups in total. The summed E-state index contributed by atoms with van der Waals surface area (Å²) in [6.45, 7) is 3.72. The normalized spacial score (nSPS) is 12.7. The first-order valence-electron chi connectivity index (χ1n) is 6.59. The van der Waals surface area contributed by atoms with Crippen molar-refractivity contribution in [2.24, 2.45) is 7.05 Å². The van der Waals surface area contributed by atoms with Gasteiger partial charge in [0.25, 0.3) is 0 Å². The highest BCUT2D eigenvalue weighted by Crippen LogP contribution is 2.28. The molecule has 0 radical (unpaired) electrons. The first kappa shape index (κ1) is 15.2. The molecule has 2 aromatic rings. The Hall–Kier alpha value is -1.20. The summed E-state index contributed by atoms with van der Waals surface area (Å²) in [5.41, 5.74) is 2.69. The number of benzene rings is 1. The summed E-state index contributed by atoms with van der Waals surface area (Å²) < 4.78 is 16.7. The second-order valence-electron chi connectivity index (χ2n) is 4.88. The molecule has 2 rings (SSSR count). The summed E-state index contributed by atoms with van der Waals surface area (Å²) in [7, 11) is 1.83. The van der Waals surface area contributed by atoms with Crippen LogP contribution in [0.4, 0.5) is 4.39 Å². The van der Waals surface area contributed by atoms with Crippen LogP contribution >= 0.6 is 15.9 Å². The lowest BCUT2D eigenvalue weighted by Gasteiger charge is -2.13. The van der Waals surface area contributed by atoms with Crippen LogP contribution in [-0.2, 0) is 19.9 Å². The molecule has 0 fully saturated rings. The van der Waals surface area contributed by atoms with E-state index in [9.17, 15) is 9.50 Å². The van der Waals surface area contributed by atoms with Crippen molar-refractivity contribution < 1.29 is 9.50 Å². The maximum atomic E-state index is 14.0. The van der Waals surface area contributed by atoms with Crippen molar-refractivity contribution in [3.63, 3.8) is 0 Å². The van der Waals surface area contributed by atoms with Crippen LogP contribution in [0.5, 0.6) is 0 Å². The van der Waals surface area contributed by atoms with Crippen LogP contribution in [0.15, 0.2) is 22.7 Å². The highest BCUT2D eigenvalue weighted by molar-refractivity contribution is 9.10. The molecule has 0 aliphatic rings. The van der Waals surface area contributed by atoms with E-state index in [0.29, 0.717) is 17.5 Å². The number of halogens is 2. The standard InChI is InChI=1S/C15H18BrFN2O/c1-4-11-14(16)12(19(3)18-11)8-13(20)10-7-5-6-9(2)15(10)17/h5-7,13,20H,4,8H2,1-3H3. The Balaban J connectivity index is 2.30. The molecule has 0 saturated carbocycles. The van der Waals surface area contributed by atoms with Gasteiger partial charge in [0.2, 0.25) is 0 Å². The van der Waals surface area contributed by atoms with E-state index < -0.39 is 6.10 Å². The number of aryl methyl sites for hydroxylation is 3. The molecule has 1 aromatic heterocycles. The fourth-order valence-electron chi connectivity index (χ4n) is 2.26. The van der Waals surface area contributed by atoms with E-state index in [-0.39, 0.29) is 5.82 Å². The van der Waals surface area contributed by atoms with E-state index in [1.807, 2.05) is 14.0 Å². The first-order valence-corrected chi connectivity index (χ1v) is 7.38. The highest BCUT2D eigenvalue weighted by atomic mass is 79.9. The zero-order valence-electron chi connectivity index (χ0n) is 11.8. The molecule has 1 unspecified atom stereocenters. The molecule has 108 valence electrons. The summed E-state index contributed by atoms with van der Waals surface area (Å²) in [6.07, 6.45) is 0.250. The molecule has 0 spiro atoms. The Bertz CT molecular complexity index is 625. The maximum absolute atomic E-state index is 14.0. The molecule has 0 saturated heterocycles. The third-order valence-corrected chi connectivity index (χ3v) is 4.39. The van der Waals surface area contributed by atoms with Crippen LogP contribution in [0.3, 0.4) is 0 Å². The highest BCUT2D eigenvalue weighted by Gasteiger charge is 2.20. The first-order chi connectivity index (χ1) is 9.45. The Morgan fingerprint density at radius 3 is 2.75 bits per heavy atom. The molecule has 0 amide bonds. The van der Waals surface area contributed by atoms with Gasteiger partial charge < -0.3 is 5.11 Å². The van der Waals surface area contributed by atoms with Crippen LogP contribution in [0.1, 0.15) is 35.5 Å². The fraction of sp³-hybridized carbons (Fsp3) is 0.400. The van der Waals surface area contributed by atoms with E-state index in [1.54, 1.807) is 29.8 Å². The number of hydrogen-bond donors (Lipinski definition) is 1. The van der Waals surface area contributed by atoms with Gasteiger partial charge in [-0.1, -0.05) is 25.1 Å². The number of nitrogens with zero attached hydrogens (tertiary/aromatic N) is 2. The molecule has 20 heavy (non-hydrogen) atoms. The lowest BCUT2D eigenvalue weighted by molar-refractivity contribution is 0.170. The molecule has 0 aliphatic carbocycles. The van der Waals surface area contributed by atoms with Gasteiger partial charge in [0, 0.05) is 19.0 Å². The molecule has 0 aliphatic heterocycles. The zero-order chi connectivity index (χ0) is 14.9. The molecule has 1 aromatic carbocycles. The third-order valence-electron chi connectivity index (χ3n) is 3.47. The van der Waals surface area contributed by atoms with Gasteiger partial charge in [0.15, 0.2) is 0 Å². The number of aliphatic hydroxyl groups excluding tert-OH is 1. The van der Waals surface area contributed by atoms with Crippen LogP contribution < -0.4 is 0 Å². The number of hydrogen-bond acceptors (Lipinski definition) is 2. The summed E-state index contributed by atoms with van der Waals surface area (Å²) in [5.74, 6) is -0.339. The van der Waals surface area contributed by atoms with E-state index in [2.05, 4.69) is 21.0 Å². The fourth-order valence-corrected chi connectivity index (χ4v) is 3.04. The van der Waals surface area contributed by atoms with Crippen molar-refractivity contribution in [3.8, 4) is 0 Å². The van der Waals surface area contributed by atoms with Crippen LogP contribution in [-0.4, -0.2) is 14.9 Å². The predicted molar refractivity (Wildman–Crippen MR) is 80.1 cm³/mol. The van der Waals surface area contributed by atoms with Gasteiger partial charge in [0.05, 0.1) is 22.0 Å². The van der Waals surface area contributed by atoms with Crippen molar-refractivity contribution in [3.05, 3.63) is 51.0 Å². The zero-order valence-corrected chi connectivity index (χ0v) is 13.4.